The maximum absolute atomic E-state index is 4.85. The Morgan fingerprint density at radius 3 is 2.00 bits per heavy atom. The van der Waals surface area contributed by atoms with E-state index in [1.54, 1.807) is 12.2 Å². The number of nitrogens with one attached hydrogen (secondary N) is 1. The molecule has 0 saturated heterocycles. The van der Waals surface area contributed by atoms with Gasteiger partial charge in [0.2, 0.25) is 0 Å². The molecule has 0 spiro atoms. The molecule has 52 valence electrons. The van der Waals surface area contributed by atoms with Crippen LogP contribution < -0.4 is 11.4 Å². The fraction of sp³-hybridized carbons (Fsp3) is 0. The summed E-state index contributed by atoms with van der Waals surface area (Å²) in [4.78, 5) is 0. The Labute approximate surface area is 60.7 Å². The van der Waals surface area contributed by atoms with Crippen LogP contribution >= 0.6 is 12.4 Å². The summed E-state index contributed by atoms with van der Waals surface area (Å²) in [6.07, 6.45) is 3.10. The standard InChI is InChI=1S/C5H9N3.ClH/c1-3-5(4-2)7-8-6;/h3-4,8H,1-2,6H2;1H. The van der Waals surface area contributed by atoms with E-state index in [9.17, 15) is 0 Å². The fourth-order valence-corrected chi connectivity index (χ4v) is 0.249. The van der Waals surface area contributed by atoms with Crippen LogP contribution in [0, 0.1) is 0 Å². The molecule has 0 saturated carbocycles. The lowest BCUT2D eigenvalue weighted by atomic mass is 10.4. The van der Waals surface area contributed by atoms with Gasteiger partial charge in [0.15, 0.2) is 0 Å². The van der Waals surface area contributed by atoms with Crippen molar-refractivity contribution in [3.8, 4) is 0 Å². The van der Waals surface area contributed by atoms with Crippen LogP contribution in [0.4, 0.5) is 0 Å². The van der Waals surface area contributed by atoms with E-state index >= 15 is 0 Å². The Morgan fingerprint density at radius 2 is 1.89 bits per heavy atom. The Bertz CT molecular complexity index is 109. The van der Waals surface area contributed by atoms with E-state index in [0.29, 0.717) is 5.71 Å². The molecule has 0 amide bonds. The van der Waals surface area contributed by atoms with Crippen LogP contribution in [0.1, 0.15) is 0 Å². The average molecular weight is 148 g/mol. The summed E-state index contributed by atoms with van der Waals surface area (Å²) in [5, 5.41) is 3.57. The second-order valence-electron chi connectivity index (χ2n) is 1.07. The molecule has 3 nitrogen and oxygen atoms in total. The number of hydrazine groups is 1. The molecule has 0 aliphatic rings. The second kappa shape index (κ2) is 7.20. The van der Waals surface area contributed by atoms with Crippen molar-refractivity contribution in [1.82, 2.24) is 5.53 Å². The van der Waals surface area contributed by atoms with Crippen molar-refractivity contribution in [2.45, 2.75) is 0 Å². The molecular formula is C5H10ClN3. The number of hydrogen-bond acceptors (Lipinski definition) is 3. The molecule has 0 radical (unpaired) electrons. The van der Waals surface area contributed by atoms with Gasteiger partial charge < -0.3 is 0 Å². The van der Waals surface area contributed by atoms with E-state index in [1.807, 2.05) is 0 Å². The molecule has 0 bridgehead atoms. The third kappa shape index (κ3) is 5.06. The first-order chi connectivity index (χ1) is 3.85. The summed E-state index contributed by atoms with van der Waals surface area (Å²) in [7, 11) is 0. The smallest absolute Gasteiger partial charge is 0.0833 e. The molecule has 0 unspecified atom stereocenters. The summed E-state index contributed by atoms with van der Waals surface area (Å²) < 4.78 is 0. The highest BCUT2D eigenvalue weighted by molar-refractivity contribution is 6.02. The number of allylic oxidation sites excluding steroid dienone is 2. The summed E-state index contributed by atoms with van der Waals surface area (Å²) in [6, 6.07) is 0. The highest BCUT2D eigenvalue weighted by Crippen LogP contribution is 1.75. The minimum Gasteiger partial charge on any atom is -0.245 e. The molecular weight excluding hydrogens is 138 g/mol. The Kier molecular flexibility index (Phi) is 8.85. The summed E-state index contributed by atoms with van der Waals surface area (Å²) in [6.45, 7) is 6.91. The van der Waals surface area contributed by atoms with Gasteiger partial charge in [-0.25, -0.2) is 11.4 Å². The summed E-state index contributed by atoms with van der Waals surface area (Å²) in [5.74, 6) is 4.85. The van der Waals surface area contributed by atoms with E-state index in [4.69, 9.17) is 5.84 Å². The molecule has 3 N–H and O–H groups in total. The molecule has 0 rings (SSSR count). The predicted molar refractivity (Wildman–Crippen MR) is 42.4 cm³/mol. The molecule has 0 aliphatic heterocycles. The fourth-order valence-electron chi connectivity index (χ4n) is 0.249. The molecule has 9 heavy (non-hydrogen) atoms. The maximum atomic E-state index is 4.85. The van der Waals surface area contributed by atoms with Crippen molar-refractivity contribution in [3.63, 3.8) is 0 Å². The lowest BCUT2D eigenvalue weighted by molar-refractivity contribution is 0.808. The predicted octanol–water partition coefficient (Wildman–Crippen LogP) is 0.599. The lowest BCUT2D eigenvalue weighted by Gasteiger charge is -1.88. The van der Waals surface area contributed by atoms with Crippen molar-refractivity contribution >= 4 is 18.1 Å². The van der Waals surface area contributed by atoms with Crippen molar-refractivity contribution in [3.05, 3.63) is 25.3 Å². The van der Waals surface area contributed by atoms with Crippen LogP contribution in [0.5, 0.6) is 0 Å². The third-order valence-electron chi connectivity index (χ3n) is 0.612. The quantitative estimate of drug-likeness (QED) is 0.349. The van der Waals surface area contributed by atoms with Gasteiger partial charge in [0.05, 0.1) is 5.71 Å². The van der Waals surface area contributed by atoms with E-state index in [-0.39, 0.29) is 12.4 Å². The zero-order chi connectivity index (χ0) is 6.41. The zero-order valence-electron chi connectivity index (χ0n) is 5.00. The first kappa shape index (κ1) is 11.1. The van der Waals surface area contributed by atoms with Gasteiger partial charge in [-0.1, -0.05) is 13.2 Å². The van der Waals surface area contributed by atoms with Crippen molar-refractivity contribution in [2.24, 2.45) is 10.9 Å². The molecule has 0 aliphatic carbocycles. The van der Waals surface area contributed by atoms with Gasteiger partial charge in [-0.05, 0) is 12.2 Å². The van der Waals surface area contributed by atoms with E-state index in [0.717, 1.165) is 0 Å². The van der Waals surface area contributed by atoms with Crippen LogP contribution in [0.25, 0.3) is 0 Å². The lowest BCUT2D eigenvalue weighted by Crippen LogP contribution is -2.15. The molecule has 4 heteroatoms. The van der Waals surface area contributed by atoms with Crippen LogP contribution in [0.15, 0.2) is 30.4 Å². The topological polar surface area (TPSA) is 50.4 Å². The minimum atomic E-state index is 0. The molecule has 0 heterocycles. The van der Waals surface area contributed by atoms with Gasteiger partial charge in [0.1, 0.15) is 0 Å². The summed E-state index contributed by atoms with van der Waals surface area (Å²) >= 11 is 0. The Morgan fingerprint density at radius 1 is 1.44 bits per heavy atom. The van der Waals surface area contributed by atoms with Crippen LogP contribution in [-0.2, 0) is 0 Å². The SMILES string of the molecule is C=CC(C=C)=NNN.Cl. The first-order valence-corrected chi connectivity index (χ1v) is 2.13. The van der Waals surface area contributed by atoms with Crippen molar-refractivity contribution in [2.75, 3.05) is 0 Å². The van der Waals surface area contributed by atoms with Gasteiger partial charge in [0.25, 0.3) is 0 Å². The Balaban J connectivity index is 0. The van der Waals surface area contributed by atoms with Gasteiger partial charge in [-0.15, -0.1) is 12.4 Å². The minimum absolute atomic E-state index is 0. The van der Waals surface area contributed by atoms with Crippen molar-refractivity contribution < 1.29 is 0 Å². The molecule has 0 aromatic heterocycles. The highest BCUT2D eigenvalue weighted by Gasteiger charge is 1.77. The van der Waals surface area contributed by atoms with E-state index in [2.05, 4.69) is 23.8 Å². The third-order valence-corrected chi connectivity index (χ3v) is 0.612. The molecule has 0 fully saturated rings. The highest BCUT2D eigenvalue weighted by atomic mass is 35.5. The number of nitrogens with zero attached hydrogens (tertiary/aromatic N) is 1. The second-order valence-corrected chi connectivity index (χ2v) is 1.07. The monoisotopic (exact) mass is 147 g/mol. The largest absolute Gasteiger partial charge is 0.245 e. The van der Waals surface area contributed by atoms with Gasteiger partial charge >= 0.3 is 0 Å². The molecule has 0 aromatic rings. The number of halogens is 1. The Hall–Kier alpha value is -0.800. The van der Waals surface area contributed by atoms with Gasteiger partial charge in [-0.2, -0.15) is 5.10 Å². The van der Waals surface area contributed by atoms with Crippen LogP contribution in [0.2, 0.25) is 0 Å². The van der Waals surface area contributed by atoms with E-state index < -0.39 is 0 Å². The molecule has 0 aromatic carbocycles. The van der Waals surface area contributed by atoms with Gasteiger partial charge in [-0.3, -0.25) is 0 Å². The van der Waals surface area contributed by atoms with Crippen molar-refractivity contribution in [1.29, 1.82) is 0 Å². The number of hydrogen-bond donors (Lipinski definition) is 2. The van der Waals surface area contributed by atoms with Crippen LogP contribution in [-0.4, -0.2) is 5.71 Å². The van der Waals surface area contributed by atoms with Crippen LogP contribution in [0.3, 0.4) is 0 Å². The molecule has 0 atom stereocenters. The first-order valence-electron chi connectivity index (χ1n) is 2.13. The summed E-state index contributed by atoms with van der Waals surface area (Å²) in [5.41, 5.74) is 2.75. The number of hydrazone groups is 1. The normalized spacial score (nSPS) is 6.33. The number of rotatable bonds is 3. The van der Waals surface area contributed by atoms with Gasteiger partial charge in [0, 0.05) is 0 Å². The average Bonchev–Trinajstić information content (AvgIpc) is 1.83. The zero-order valence-corrected chi connectivity index (χ0v) is 5.82. The van der Waals surface area contributed by atoms with E-state index in [1.165, 1.54) is 0 Å². The number of nitrogens with two attached hydrogens (primary N) is 1. The maximum Gasteiger partial charge on any atom is 0.0833 e.